The number of hydrogen-bond donors (Lipinski definition) is 1. The zero-order valence-electron chi connectivity index (χ0n) is 10.7. The van der Waals surface area contributed by atoms with E-state index in [2.05, 4.69) is 42.8 Å². The molecule has 0 heterocycles. The number of hydrogen-bond acceptors (Lipinski definition) is 2. The zero-order chi connectivity index (χ0) is 12.5. The molecule has 94 valence electrons. The van der Waals surface area contributed by atoms with Gasteiger partial charge in [-0.05, 0) is 37.9 Å². The lowest BCUT2D eigenvalue weighted by molar-refractivity contribution is 0.200. The molecule has 1 atom stereocenters. The lowest BCUT2D eigenvalue weighted by atomic mass is 10.0. The maximum Gasteiger partial charge on any atom is 0.0462 e. The molecular weight excluding hydrogens is 210 g/mol. The summed E-state index contributed by atoms with van der Waals surface area (Å²) in [5.41, 5.74) is 1.33. The number of aliphatic hydroxyl groups is 1. The highest BCUT2D eigenvalue weighted by Crippen LogP contribution is 2.10. The molecule has 0 aliphatic carbocycles. The molecule has 0 radical (unpaired) electrons. The molecule has 0 spiro atoms. The van der Waals surface area contributed by atoms with Gasteiger partial charge in [0, 0.05) is 13.2 Å². The third kappa shape index (κ3) is 5.66. The topological polar surface area (TPSA) is 23.5 Å². The lowest BCUT2D eigenvalue weighted by Gasteiger charge is -2.19. The Morgan fingerprint density at radius 2 is 2.06 bits per heavy atom. The summed E-state index contributed by atoms with van der Waals surface area (Å²) >= 11 is 0. The first kappa shape index (κ1) is 13.9. The third-order valence-electron chi connectivity index (χ3n) is 2.97. The van der Waals surface area contributed by atoms with Gasteiger partial charge in [0.25, 0.3) is 0 Å². The van der Waals surface area contributed by atoms with E-state index in [1.54, 1.807) is 0 Å². The summed E-state index contributed by atoms with van der Waals surface area (Å²) in [6.45, 7) is 5.95. The molecule has 2 nitrogen and oxygen atoms in total. The molecule has 0 aliphatic rings. The highest BCUT2D eigenvalue weighted by atomic mass is 16.3. The van der Waals surface area contributed by atoms with Crippen molar-refractivity contribution in [1.82, 2.24) is 4.90 Å². The monoisotopic (exact) mass is 233 g/mol. The van der Waals surface area contributed by atoms with Crippen molar-refractivity contribution < 1.29 is 5.11 Å². The van der Waals surface area contributed by atoms with Gasteiger partial charge in [-0.3, -0.25) is 0 Å². The first-order chi connectivity index (χ1) is 8.26. The van der Waals surface area contributed by atoms with E-state index in [1.807, 2.05) is 12.1 Å². The van der Waals surface area contributed by atoms with Crippen molar-refractivity contribution in [3.63, 3.8) is 0 Å². The molecule has 0 saturated carbocycles. The number of benzene rings is 1. The average molecular weight is 233 g/mol. The standard InChI is InChI=1S/C15H23NO/c1-3-7-15(13-17)10-11-16(2)12-14-8-5-4-6-9-14/h3-6,8-9,15,17H,1,7,10-13H2,2H3. The van der Waals surface area contributed by atoms with Gasteiger partial charge in [0.15, 0.2) is 0 Å². The van der Waals surface area contributed by atoms with Crippen molar-refractivity contribution in [2.45, 2.75) is 19.4 Å². The van der Waals surface area contributed by atoms with Crippen LogP contribution in [0.1, 0.15) is 18.4 Å². The van der Waals surface area contributed by atoms with E-state index in [9.17, 15) is 5.11 Å². The van der Waals surface area contributed by atoms with Crippen LogP contribution in [-0.2, 0) is 6.54 Å². The Bertz CT molecular complexity index is 310. The minimum absolute atomic E-state index is 0.255. The Hall–Kier alpha value is -1.12. The molecule has 1 aromatic rings. The van der Waals surface area contributed by atoms with Gasteiger partial charge in [-0.15, -0.1) is 6.58 Å². The SMILES string of the molecule is C=CCC(CO)CCN(C)Cc1ccccc1. The van der Waals surface area contributed by atoms with Crippen LogP contribution in [-0.4, -0.2) is 30.2 Å². The summed E-state index contributed by atoms with van der Waals surface area (Å²) in [5.74, 6) is 0.353. The third-order valence-corrected chi connectivity index (χ3v) is 2.97. The molecule has 1 N–H and O–H groups in total. The quantitative estimate of drug-likeness (QED) is 0.698. The first-order valence-electron chi connectivity index (χ1n) is 6.20. The normalized spacial score (nSPS) is 12.6. The Kier molecular flexibility index (Phi) is 6.60. The highest BCUT2D eigenvalue weighted by molar-refractivity contribution is 5.14. The van der Waals surface area contributed by atoms with Crippen LogP contribution in [0.15, 0.2) is 43.0 Å². The molecule has 0 fully saturated rings. The lowest BCUT2D eigenvalue weighted by Crippen LogP contribution is -2.22. The summed E-state index contributed by atoms with van der Waals surface area (Å²) in [6, 6.07) is 10.5. The van der Waals surface area contributed by atoms with Crippen LogP contribution in [0.4, 0.5) is 0 Å². The summed E-state index contributed by atoms with van der Waals surface area (Å²) in [4.78, 5) is 2.29. The van der Waals surface area contributed by atoms with Crippen LogP contribution in [0.5, 0.6) is 0 Å². The van der Waals surface area contributed by atoms with E-state index < -0.39 is 0 Å². The maximum atomic E-state index is 9.19. The maximum absolute atomic E-state index is 9.19. The van der Waals surface area contributed by atoms with E-state index in [0.29, 0.717) is 5.92 Å². The van der Waals surface area contributed by atoms with Crippen LogP contribution in [0.3, 0.4) is 0 Å². The van der Waals surface area contributed by atoms with Gasteiger partial charge in [0.1, 0.15) is 0 Å². The van der Waals surface area contributed by atoms with Crippen LogP contribution in [0.25, 0.3) is 0 Å². The second kappa shape index (κ2) is 8.04. The first-order valence-corrected chi connectivity index (χ1v) is 6.20. The molecule has 2 heteroatoms. The molecule has 0 amide bonds. The largest absolute Gasteiger partial charge is 0.396 e. The predicted octanol–water partition coefficient (Wildman–Crippen LogP) is 2.69. The van der Waals surface area contributed by atoms with Crippen LogP contribution < -0.4 is 0 Å². The van der Waals surface area contributed by atoms with Crippen LogP contribution in [0.2, 0.25) is 0 Å². The summed E-state index contributed by atoms with van der Waals surface area (Å²) in [6.07, 6.45) is 3.81. The van der Waals surface area contributed by atoms with Gasteiger partial charge in [-0.2, -0.15) is 0 Å². The molecule has 17 heavy (non-hydrogen) atoms. The highest BCUT2D eigenvalue weighted by Gasteiger charge is 2.07. The fourth-order valence-corrected chi connectivity index (χ4v) is 1.90. The van der Waals surface area contributed by atoms with E-state index in [-0.39, 0.29) is 6.61 Å². The van der Waals surface area contributed by atoms with Crippen molar-refractivity contribution in [1.29, 1.82) is 0 Å². The van der Waals surface area contributed by atoms with Crippen molar-refractivity contribution in [2.24, 2.45) is 5.92 Å². The van der Waals surface area contributed by atoms with Gasteiger partial charge >= 0.3 is 0 Å². The fourth-order valence-electron chi connectivity index (χ4n) is 1.90. The molecule has 0 bridgehead atoms. The van der Waals surface area contributed by atoms with Crippen LogP contribution in [0, 0.1) is 5.92 Å². The number of aliphatic hydroxyl groups excluding tert-OH is 1. The smallest absolute Gasteiger partial charge is 0.0462 e. The van der Waals surface area contributed by atoms with Gasteiger partial charge < -0.3 is 10.0 Å². The summed E-state index contributed by atoms with van der Waals surface area (Å²) in [7, 11) is 2.12. The summed E-state index contributed by atoms with van der Waals surface area (Å²) in [5, 5.41) is 9.19. The van der Waals surface area contributed by atoms with E-state index in [4.69, 9.17) is 0 Å². The summed E-state index contributed by atoms with van der Waals surface area (Å²) < 4.78 is 0. The Morgan fingerprint density at radius 1 is 1.35 bits per heavy atom. The molecule has 1 unspecified atom stereocenters. The number of allylic oxidation sites excluding steroid dienone is 1. The van der Waals surface area contributed by atoms with Gasteiger partial charge in [0.2, 0.25) is 0 Å². The molecule has 1 rings (SSSR count). The Balaban J connectivity index is 2.29. The average Bonchev–Trinajstić information content (AvgIpc) is 2.35. The second-order valence-corrected chi connectivity index (χ2v) is 4.59. The van der Waals surface area contributed by atoms with Gasteiger partial charge in [0.05, 0.1) is 0 Å². The molecule has 0 saturated heterocycles. The molecule has 0 aliphatic heterocycles. The van der Waals surface area contributed by atoms with Gasteiger partial charge in [-0.1, -0.05) is 36.4 Å². The Morgan fingerprint density at radius 3 is 2.65 bits per heavy atom. The zero-order valence-corrected chi connectivity index (χ0v) is 10.7. The van der Waals surface area contributed by atoms with E-state index in [1.165, 1.54) is 5.56 Å². The minimum atomic E-state index is 0.255. The fraction of sp³-hybridized carbons (Fsp3) is 0.467. The molecular formula is C15H23NO. The number of rotatable bonds is 8. The minimum Gasteiger partial charge on any atom is -0.396 e. The second-order valence-electron chi connectivity index (χ2n) is 4.59. The van der Waals surface area contributed by atoms with E-state index >= 15 is 0 Å². The van der Waals surface area contributed by atoms with Crippen molar-refractivity contribution >= 4 is 0 Å². The van der Waals surface area contributed by atoms with Crippen molar-refractivity contribution in [3.8, 4) is 0 Å². The van der Waals surface area contributed by atoms with Crippen molar-refractivity contribution in [2.75, 3.05) is 20.2 Å². The molecule has 0 aromatic heterocycles. The van der Waals surface area contributed by atoms with Gasteiger partial charge in [-0.25, -0.2) is 0 Å². The van der Waals surface area contributed by atoms with Crippen molar-refractivity contribution in [3.05, 3.63) is 48.6 Å². The Labute approximate surface area is 105 Å². The number of nitrogens with zero attached hydrogens (tertiary/aromatic N) is 1. The van der Waals surface area contributed by atoms with E-state index in [0.717, 1.165) is 25.9 Å². The van der Waals surface area contributed by atoms with Crippen LogP contribution >= 0.6 is 0 Å². The molecule has 1 aromatic carbocycles. The predicted molar refractivity (Wildman–Crippen MR) is 72.8 cm³/mol.